The molecule has 0 saturated carbocycles. The first-order chi connectivity index (χ1) is 14.7. The molecule has 0 spiro atoms. The van der Waals surface area contributed by atoms with Crippen LogP contribution in [0.25, 0.3) is 0 Å². The molecule has 0 radical (unpaired) electrons. The molecule has 162 valence electrons. The highest BCUT2D eigenvalue weighted by Gasteiger charge is 2.42. The van der Waals surface area contributed by atoms with E-state index >= 15 is 0 Å². The van der Waals surface area contributed by atoms with Gasteiger partial charge in [-0.25, -0.2) is 4.98 Å². The van der Waals surface area contributed by atoms with Crippen LogP contribution in [0.5, 0.6) is 0 Å². The van der Waals surface area contributed by atoms with Crippen molar-refractivity contribution in [3.8, 4) is 0 Å². The van der Waals surface area contributed by atoms with E-state index in [4.69, 9.17) is 4.98 Å². The van der Waals surface area contributed by atoms with Crippen LogP contribution >= 0.6 is 11.8 Å². The minimum absolute atomic E-state index is 0.0931. The summed E-state index contributed by atoms with van der Waals surface area (Å²) in [7, 11) is 3.97. The van der Waals surface area contributed by atoms with Gasteiger partial charge < -0.3 is 15.2 Å². The molecule has 2 N–H and O–H groups in total. The molecule has 4 rings (SSSR count). The normalized spacial score (nSPS) is 19.4. The number of aromatic amines is 1. The van der Waals surface area contributed by atoms with Gasteiger partial charge in [0.05, 0.1) is 5.56 Å². The predicted octanol–water partition coefficient (Wildman–Crippen LogP) is 4.31. The zero-order valence-corrected chi connectivity index (χ0v) is 19.2. The van der Waals surface area contributed by atoms with E-state index in [2.05, 4.69) is 30.7 Å². The van der Waals surface area contributed by atoms with Gasteiger partial charge in [-0.15, -0.1) is 6.58 Å². The fourth-order valence-corrected chi connectivity index (χ4v) is 4.99. The van der Waals surface area contributed by atoms with E-state index < -0.39 is 5.92 Å². The van der Waals surface area contributed by atoms with Gasteiger partial charge in [-0.1, -0.05) is 43.8 Å². The van der Waals surface area contributed by atoms with E-state index in [0.717, 1.165) is 23.4 Å². The lowest BCUT2D eigenvalue weighted by molar-refractivity contribution is -0.118. The number of Topliss-reactive ketones (excluding diaryl/α,β-unsaturated/α-hetero) is 1. The Balaban J connectivity index is 1.89. The average molecular weight is 437 g/mol. The number of fused-ring (bicyclic) bond motifs is 1. The van der Waals surface area contributed by atoms with Crippen molar-refractivity contribution in [2.24, 2.45) is 5.41 Å². The molecule has 0 amide bonds. The zero-order chi connectivity index (χ0) is 22.3. The Labute approximate surface area is 186 Å². The van der Waals surface area contributed by atoms with Crippen LogP contribution in [-0.2, 0) is 4.79 Å². The van der Waals surface area contributed by atoms with E-state index in [-0.39, 0.29) is 16.8 Å². The van der Waals surface area contributed by atoms with Crippen molar-refractivity contribution in [2.45, 2.75) is 37.8 Å². The monoisotopic (exact) mass is 436 g/mol. The van der Waals surface area contributed by atoms with Crippen molar-refractivity contribution in [1.29, 1.82) is 0 Å². The Morgan fingerprint density at radius 2 is 1.94 bits per heavy atom. The van der Waals surface area contributed by atoms with E-state index in [1.807, 2.05) is 43.3 Å². The third-order valence-corrected chi connectivity index (χ3v) is 6.65. The summed E-state index contributed by atoms with van der Waals surface area (Å²) in [6.45, 7) is 7.93. The van der Waals surface area contributed by atoms with Crippen LogP contribution in [-0.4, -0.2) is 35.6 Å². The van der Waals surface area contributed by atoms with Gasteiger partial charge in [0, 0.05) is 49.1 Å². The Morgan fingerprint density at radius 3 is 2.58 bits per heavy atom. The molecule has 6 nitrogen and oxygen atoms in total. The number of H-pyrrole nitrogens is 1. The van der Waals surface area contributed by atoms with Crippen molar-refractivity contribution in [3.63, 3.8) is 0 Å². The van der Waals surface area contributed by atoms with Gasteiger partial charge >= 0.3 is 0 Å². The number of hydrogen-bond acceptors (Lipinski definition) is 6. The first kappa shape index (κ1) is 21.4. The molecular weight excluding hydrogens is 408 g/mol. The van der Waals surface area contributed by atoms with Crippen LogP contribution in [0, 0.1) is 5.41 Å². The number of carbonyl (C=O) groups excluding carboxylic acids is 1. The number of nitrogens with zero attached hydrogens (tertiary/aromatic N) is 2. The molecule has 2 aromatic rings. The average Bonchev–Trinajstić information content (AvgIpc) is 2.69. The molecule has 0 saturated heterocycles. The highest BCUT2D eigenvalue weighted by molar-refractivity contribution is 7.99. The van der Waals surface area contributed by atoms with Crippen molar-refractivity contribution in [1.82, 2.24) is 9.97 Å². The van der Waals surface area contributed by atoms with E-state index in [1.54, 1.807) is 6.08 Å². The second-order valence-electron chi connectivity index (χ2n) is 9.11. The topological polar surface area (TPSA) is 78.1 Å². The molecular formula is C24H28N4O2S. The quantitative estimate of drug-likeness (QED) is 0.413. The smallest absolute Gasteiger partial charge is 0.257 e. The minimum atomic E-state index is -0.430. The molecule has 1 aliphatic heterocycles. The van der Waals surface area contributed by atoms with Crippen LogP contribution in [0.15, 0.2) is 58.1 Å². The second-order valence-corrected chi connectivity index (χ2v) is 10.1. The zero-order valence-electron chi connectivity index (χ0n) is 18.4. The van der Waals surface area contributed by atoms with Gasteiger partial charge in [0.15, 0.2) is 10.9 Å². The number of thioether (sulfide) groups is 1. The van der Waals surface area contributed by atoms with Crippen molar-refractivity contribution >= 4 is 29.1 Å². The van der Waals surface area contributed by atoms with Gasteiger partial charge in [0.1, 0.15) is 5.82 Å². The summed E-state index contributed by atoms with van der Waals surface area (Å²) in [4.78, 5) is 36.1. The first-order valence-corrected chi connectivity index (χ1v) is 11.4. The number of hydrogen-bond donors (Lipinski definition) is 2. The second kappa shape index (κ2) is 8.04. The predicted molar refractivity (Wildman–Crippen MR) is 127 cm³/mol. The van der Waals surface area contributed by atoms with Crippen LogP contribution < -0.4 is 15.8 Å². The Hall–Kier alpha value is -2.80. The summed E-state index contributed by atoms with van der Waals surface area (Å²) in [6.07, 6.45) is 2.98. The fraction of sp³-hybridized carbons (Fsp3) is 0.375. The number of benzene rings is 1. The van der Waals surface area contributed by atoms with E-state index in [0.29, 0.717) is 34.3 Å². The fourth-order valence-electron chi connectivity index (χ4n) is 4.40. The van der Waals surface area contributed by atoms with Crippen molar-refractivity contribution in [2.75, 3.05) is 30.1 Å². The lowest BCUT2D eigenvalue weighted by Crippen LogP contribution is -2.37. The minimum Gasteiger partial charge on any atom is -0.378 e. The first-order valence-electron chi connectivity index (χ1n) is 10.4. The molecule has 1 aromatic heterocycles. The summed E-state index contributed by atoms with van der Waals surface area (Å²) < 4.78 is 0. The lowest BCUT2D eigenvalue weighted by Gasteiger charge is -2.38. The van der Waals surface area contributed by atoms with Gasteiger partial charge in [0.25, 0.3) is 5.56 Å². The van der Waals surface area contributed by atoms with Crippen LogP contribution in [0.4, 0.5) is 11.5 Å². The summed E-state index contributed by atoms with van der Waals surface area (Å²) in [5, 5.41) is 3.90. The summed E-state index contributed by atoms with van der Waals surface area (Å²) >= 11 is 1.43. The molecule has 1 aliphatic carbocycles. The van der Waals surface area contributed by atoms with Gasteiger partial charge in [0.2, 0.25) is 0 Å². The molecule has 1 atom stereocenters. The number of ketones is 1. The molecule has 0 fully saturated rings. The molecule has 31 heavy (non-hydrogen) atoms. The molecule has 0 bridgehead atoms. The number of aromatic nitrogens is 2. The maximum atomic E-state index is 13.3. The third kappa shape index (κ3) is 4.06. The SMILES string of the molecule is C=CCSc1nc2c(c(=O)[nH]1)[C@@H](c1ccc(N(C)C)cc1)C1=C(CC(C)(C)CC1=O)N2. The molecule has 7 heteroatoms. The van der Waals surface area contributed by atoms with Crippen molar-refractivity contribution < 1.29 is 4.79 Å². The summed E-state index contributed by atoms with van der Waals surface area (Å²) in [5.41, 5.74) is 3.72. The molecule has 0 unspecified atom stereocenters. The van der Waals surface area contributed by atoms with Gasteiger partial charge in [-0.05, 0) is 29.5 Å². The number of allylic oxidation sites excluding steroid dienone is 2. The maximum absolute atomic E-state index is 13.3. The van der Waals surface area contributed by atoms with Crippen LogP contribution in [0.1, 0.15) is 43.7 Å². The number of anilines is 2. The Kier molecular flexibility index (Phi) is 5.56. The number of nitrogens with one attached hydrogen (secondary N) is 2. The van der Waals surface area contributed by atoms with Gasteiger partial charge in [-0.2, -0.15) is 0 Å². The molecule has 2 aliphatic rings. The molecule has 1 aromatic carbocycles. The largest absolute Gasteiger partial charge is 0.378 e. The van der Waals surface area contributed by atoms with Crippen LogP contribution in [0.2, 0.25) is 0 Å². The van der Waals surface area contributed by atoms with Crippen molar-refractivity contribution in [3.05, 3.63) is 69.7 Å². The number of rotatable bonds is 5. The summed E-state index contributed by atoms with van der Waals surface area (Å²) in [6, 6.07) is 8.05. The maximum Gasteiger partial charge on any atom is 0.257 e. The van der Waals surface area contributed by atoms with E-state index in [1.165, 1.54) is 11.8 Å². The Morgan fingerprint density at radius 1 is 1.23 bits per heavy atom. The number of carbonyl (C=O) groups is 1. The lowest BCUT2D eigenvalue weighted by atomic mass is 9.69. The highest BCUT2D eigenvalue weighted by Crippen LogP contribution is 2.47. The molecule has 2 heterocycles. The third-order valence-electron chi connectivity index (χ3n) is 5.78. The standard InChI is InChI=1S/C24H28N4O2S/c1-6-11-31-23-26-21-20(22(30)27-23)18(14-7-9-15(10-8-14)28(4)5)19-16(25-21)12-24(2,3)13-17(19)29/h6-10,18H,1,11-13H2,2-5H3,(H2,25,26,27,30)/t18-/m0/s1. The van der Waals surface area contributed by atoms with Crippen LogP contribution in [0.3, 0.4) is 0 Å². The van der Waals surface area contributed by atoms with Gasteiger partial charge in [-0.3, -0.25) is 9.59 Å². The summed E-state index contributed by atoms with van der Waals surface area (Å²) in [5.74, 6) is 0.856. The van der Waals surface area contributed by atoms with E-state index in [9.17, 15) is 9.59 Å². The Bertz CT molecular complexity index is 1130. The highest BCUT2D eigenvalue weighted by atomic mass is 32.2.